The van der Waals surface area contributed by atoms with Gasteiger partial charge in [-0.2, -0.15) is 0 Å². The van der Waals surface area contributed by atoms with E-state index in [9.17, 15) is 9.18 Å². The van der Waals surface area contributed by atoms with Gasteiger partial charge in [0.2, 0.25) is 0 Å². The van der Waals surface area contributed by atoms with Crippen molar-refractivity contribution in [3.63, 3.8) is 0 Å². The Balaban J connectivity index is 2.27. The number of hydrogen-bond acceptors (Lipinski definition) is 3. The van der Waals surface area contributed by atoms with Crippen LogP contribution in [0.15, 0.2) is 42.5 Å². The summed E-state index contributed by atoms with van der Waals surface area (Å²) in [4.78, 5) is 11.8. The molecule has 1 N–H and O–H groups in total. The lowest BCUT2D eigenvalue weighted by Gasteiger charge is -2.18. The molecule has 2 aromatic carbocycles. The Labute approximate surface area is 127 Å². The van der Waals surface area contributed by atoms with Crippen LogP contribution in [0.3, 0.4) is 0 Å². The van der Waals surface area contributed by atoms with Crippen molar-refractivity contribution in [2.45, 2.75) is 13.0 Å². The number of benzene rings is 2. The largest absolute Gasteiger partial charge is 0.465 e. The van der Waals surface area contributed by atoms with Crippen LogP contribution in [0.4, 0.5) is 10.1 Å². The summed E-state index contributed by atoms with van der Waals surface area (Å²) in [6.45, 7) is 1.91. The van der Waals surface area contributed by atoms with Crippen LogP contribution < -0.4 is 5.32 Å². The molecule has 3 nitrogen and oxygen atoms in total. The van der Waals surface area contributed by atoms with Crippen molar-refractivity contribution < 1.29 is 13.9 Å². The predicted octanol–water partition coefficient (Wildman–Crippen LogP) is 4.44. The molecule has 1 atom stereocenters. The molecular weight excluding hydrogens is 293 g/mol. The summed E-state index contributed by atoms with van der Waals surface area (Å²) in [5.74, 6) is -0.732. The Morgan fingerprint density at radius 2 is 1.90 bits per heavy atom. The minimum atomic E-state index is -0.444. The molecule has 0 bridgehead atoms. The van der Waals surface area contributed by atoms with E-state index in [0.29, 0.717) is 16.3 Å². The molecule has 0 aliphatic heterocycles. The van der Waals surface area contributed by atoms with Crippen LogP contribution in [0.1, 0.15) is 28.9 Å². The number of ether oxygens (including phenoxy) is 1. The van der Waals surface area contributed by atoms with Crippen LogP contribution in [0, 0.1) is 5.82 Å². The summed E-state index contributed by atoms with van der Waals surface area (Å²) < 4.78 is 17.7. The third-order valence-electron chi connectivity index (χ3n) is 3.13. The minimum absolute atomic E-state index is 0.118. The molecule has 0 saturated heterocycles. The highest BCUT2D eigenvalue weighted by atomic mass is 35.5. The van der Waals surface area contributed by atoms with Gasteiger partial charge >= 0.3 is 5.97 Å². The second-order valence-corrected chi connectivity index (χ2v) is 5.04. The number of anilines is 1. The number of carbonyl (C=O) groups is 1. The first-order valence-electron chi connectivity index (χ1n) is 6.41. The van der Waals surface area contributed by atoms with Crippen LogP contribution >= 0.6 is 11.6 Å². The van der Waals surface area contributed by atoms with Gasteiger partial charge in [0.05, 0.1) is 18.4 Å². The normalized spacial score (nSPS) is 11.8. The average Bonchev–Trinajstić information content (AvgIpc) is 2.47. The molecule has 0 heterocycles. The fourth-order valence-electron chi connectivity index (χ4n) is 1.99. The number of nitrogens with one attached hydrogen (secondary N) is 1. The Hall–Kier alpha value is -2.07. The minimum Gasteiger partial charge on any atom is -0.465 e. The lowest BCUT2D eigenvalue weighted by molar-refractivity contribution is 0.0602. The highest BCUT2D eigenvalue weighted by Crippen LogP contribution is 2.26. The predicted molar refractivity (Wildman–Crippen MR) is 81.2 cm³/mol. The molecule has 0 aliphatic rings. The van der Waals surface area contributed by atoms with E-state index in [2.05, 4.69) is 5.32 Å². The summed E-state index contributed by atoms with van der Waals surface area (Å²) in [6, 6.07) is 10.9. The van der Waals surface area contributed by atoms with E-state index in [1.54, 1.807) is 30.3 Å². The Kier molecular flexibility index (Phi) is 4.81. The third-order valence-corrected chi connectivity index (χ3v) is 3.36. The quantitative estimate of drug-likeness (QED) is 0.849. The van der Waals surface area contributed by atoms with E-state index in [-0.39, 0.29) is 11.9 Å². The maximum absolute atomic E-state index is 12.9. The van der Waals surface area contributed by atoms with Crippen LogP contribution in [-0.4, -0.2) is 13.1 Å². The summed E-state index contributed by atoms with van der Waals surface area (Å²) in [6.07, 6.45) is 0. The zero-order valence-electron chi connectivity index (χ0n) is 11.7. The molecule has 0 amide bonds. The molecule has 0 fully saturated rings. The molecule has 0 saturated carbocycles. The topological polar surface area (TPSA) is 38.3 Å². The van der Waals surface area contributed by atoms with E-state index in [0.717, 1.165) is 5.56 Å². The average molecular weight is 308 g/mol. The number of halogens is 2. The fraction of sp³-hybridized carbons (Fsp3) is 0.188. The van der Waals surface area contributed by atoms with E-state index in [4.69, 9.17) is 16.3 Å². The number of methoxy groups -OCH3 is 1. The molecule has 5 heteroatoms. The lowest BCUT2D eigenvalue weighted by atomic mass is 10.1. The Bertz CT molecular complexity index is 643. The molecule has 2 aromatic rings. The van der Waals surface area contributed by atoms with Gasteiger partial charge in [-0.25, -0.2) is 9.18 Å². The standard InChI is InChI=1S/C16H15ClFNO2/c1-10(11-3-6-13(18)7-4-11)19-15-9-12(17)5-8-14(15)16(20)21-2/h3-10,19H,1-2H3. The number of hydrogen-bond donors (Lipinski definition) is 1. The fourth-order valence-corrected chi connectivity index (χ4v) is 2.16. The van der Waals surface area contributed by atoms with Crippen molar-refractivity contribution in [2.24, 2.45) is 0 Å². The van der Waals surface area contributed by atoms with Gasteiger partial charge in [0.15, 0.2) is 0 Å². The summed E-state index contributed by atoms with van der Waals surface area (Å²) in [5, 5.41) is 3.71. The van der Waals surface area contributed by atoms with Crippen molar-refractivity contribution >= 4 is 23.3 Å². The van der Waals surface area contributed by atoms with Crippen LogP contribution in [0.5, 0.6) is 0 Å². The van der Waals surface area contributed by atoms with Gasteiger partial charge in [-0.3, -0.25) is 0 Å². The molecule has 0 radical (unpaired) electrons. The van der Waals surface area contributed by atoms with Crippen LogP contribution in [0.25, 0.3) is 0 Å². The number of esters is 1. The lowest BCUT2D eigenvalue weighted by Crippen LogP contribution is -2.11. The number of rotatable bonds is 4. The molecule has 0 aromatic heterocycles. The second-order valence-electron chi connectivity index (χ2n) is 4.60. The highest BCUT2D eigenvalue weighted by molar-refractivity contribution is 6.31. The zero-order chi connectivity index (χ0) is 15.4. The van der Waals surface area contributed by atoms with Crippen LogP contribution in [-0.2, 0) is 4.74 Å². The van der Waals surface area contributed by atoms with Gasteiger partial charge in [-0.1, -0.05) is 23.7 Å². The van der Waals surface area contributed by atoms with Crippen molar-refractivity contribution in [1.82, 2.24) is 0 Å². The first-order valence-corrected chi connectivity index (χ1v) is 6.79. The van der Waals surface area contributed by atoms with Gasteiger partial charge in [-0.15, -0.1) is 0 Å². The SMILES string of the molecule is COC(=O)c1ccc(Cl)cc1NC(C)c1ccc(F)cc1. The molecule has 21 heavy (non-hydrogen) atoms. The monoisotopic (exact) mass is 307 g/mol. The smallest absolute Gasteiger partial charge is 0.339 e. The molecule has 2 rings (SSSR count). The van der Waals surface area contributed by atoms with Gasteiger partial charge in [0, 0.05) is 11.1 Å². The van der Waals surface area contributed by atoms with Gasteiger partial charge in [-0.05, 0) is 42.8 Å². The molecular formula is C16H15ClFNO2. The van der Waals surface area contributed by atoms with Gasteiger partial charge in [0.1, 0.15) is 5.82 Å². The van der Waals surface area contributed by atoms with Crippen molar-refractivity contribution in [1.29, 1.82) is 0 Å². The summed E-state index contributed by atoms with van der Waals surface area (Å²) >= 11 is 5.97. The highest BCUT2D eigenvalue weighted by Gasteiger charge is 2.14. The van der Waals surface area contributed by atoms with E-state index < -0.39 is 5.97 Å². The second kappa shape index (κ2) is 6.59. The summed E-state index contributed by atoms with van der Waals surface area (Å²) in [5.41, 5.74) is 1.87. The van der Waals surface area contributed by atoms with Crippen molar-refractivity contribution in [3.05, 3.63) is 64.4 Å². The van der Waals surface area contributed by atoms with Crippen LogP contribution in [0.2, 0.25) is 5.02 Å². The summed E-state index contributed by atoms with van der Waals surface area (Å²) in [7, 11) is 1.32. The molecule has 110 valence electrons. The third kappa shape index (κ3) is 3.73. The maximum Gasteiger partial charge on any atom is 0.339 e. The van der Waals surface area contributed by atoms with E-state index >= 15 is 0 Å². The van der Waals surface area contributed by atoms with Gasteiger partial charge < -0.3 is 10.1 Å². The first kappa shape index (κ1) is 15.3. The Morgan fingerprint density at radius 3 is 2.52 bits per heavy atom. The molecule has 0 spiro atoms. The van der Waals surface area contributed by atoms with Crippen molar-refractivity contribution in [3.8, 4) is 0 Å². The van der Waals surface area contributed by atoms with E-state index in [1.807, 2.05) is 6.92 Å². The number of carbonyl (C=O) groups excluding carboxylic acids is 1. The zero-order valence-corrected chi connectivity index (χ0v) is 12.4. The molecule has 0 aliphatic carbocycles. The van der Waals surface area contributed by atoms with E-state index in [1.165, 1.54) is 19.2 Å². The van der Waals surface area contributed by atoms with Gasteiger partial charge in [0.25, 0.3) is 0 Å². The maximum atomic E-state index is 12.9. The first-order chi connectivity index (χ1) is 10.0. The molecule has 1 unspecified atom stereocenters. The van der Waals surface area contributed by atoms with Crippen molar-refractivity contribution in [2.75, 3.05) is 12.4 Å². The Morgan fingerprint density at radius 1 is 1.24 bits per heavy atom.